The lowest BCUT2D eigenvalue weighted by Gasteiger charge is -2.55. The van der Waals surface area contributed by atoms with Gasteiger partial charge >= 0.3 is 0 Å². The molecule has 2 bridgehead atoms. The zero-order valence-corrected chi connectivity index (χ0v) is 27.9. The van der Waals surface area contributed by atoms with Gasteiger partial charge in [0.05, 0.1) is 17.0 Å². The van der Waals surface area contributed by atoms with Gasteiger partial charge in [-0.2, -0.15) is 0 Å². The SMILES string of the molecule is COc1ccc(C23CCC(CN(C(=O)C4CCC(NC(=O)CO)CC4)c4cc(-c5cnc(C6CC6)s5)ccn4)(CC2)CC3)cc1C. The summed E-state index contributed by atoms with van der Waals surface area (Å²) in [6, 6.07) is 10.9. The first-order chi connectivity index (χ1) is 22.3. The molecule has 5 saturated carbocycles. The van der Waals surface area contributed by atoms with Crippen molar-refractivity contribution >= 4 is 29.0 Å². The maximum absolute atomic E-state index is 14.5. The van der Waals surface area contributed by atoms with E-state index in [0.29, 0.717) is 12.5 Å². The number of aromatic nitrogens is 2. The quantitative estimate of drug-likeness (QED) is 0.255. The fourth-order valence-electron chi connectivity index (χ4n) is 8.39. The van der Waals surface area contributed by atoms with Gasteiger partial charge in [0, 0.05) is 36.8 Å². The maximum atomic E-state index is 14.5. The number of hydrogen-bond acceptors (Lipinski definition) is 7. The molecule has 2 aromatic heterocycles. The summed E-state index contributed by atoms with van der Waals surface area (Å²) in [6.07, 6.45) is 15.9. The Morgan fingerprint density at radius 3 is 2.39 bits per heavy atom. The molecule has 9 heteroatoms. The number of carbonyl (C=O) groups is 2. The van der Waals surface area contributed by atoms with Gasteiger partial charge in [-0.15, -0.1) is 11.3 Å². The fraction of sp³-hybridized carbons (Fsp3) is 0.568. The molecule has 0 saturated heterocycles. The summed E-state index contributed by atoms with van der Waals surface area (Å²) in [5.41, 5.74) is 3.97. The number of benzene rings is 1. The standard InChI is InChI=1S/C37H46N4O4S/c1-24-19-28(7-10-30(24)45-2)37-15-12-36(13-16-37,14-17-37)23-41(35(44)26-5-8-29(9-6-26)40-33(43)22-42)32-20-27(11-18-38-32)31-21-39-34(46-31)25-3-4-25/h7,10-11,18-21,25-26,29,42H,3-6,8-9,12-17,22-23H2,1-2H3,(H,40,43). The minimum atomic E-state index is -0.502. The molecule has 0 radical (unpaired) electrons. The lowest BCUT2D eigenvalue weighted by molar-refractivity contribution is -0.125. The molecule has 244 valence electrons. The first-order valence-electron chi connectivity index (χ1n) is 17.1. The summed E-state index contributed by atoms with van der Waals surface area (Å²) in [7, 11) is 1.73. The molecule has 8 rings (SSSR count). The Hall–Kier alpha value is -3.30. The highest BCUT2D eigenvalue weighted by Gasteiger charge is 2.51. The minimum Gasteiger partial charge on any atom is -0.496 e. The summed E-state index contributed by atoms with van der Waals surface area (Å²) in [4.78, 5) is 39.0. The van der Waals surface area contributed by atoms with Crippen LogP contribution in [0.15, 0.2) is 42.7 Å². The van der Waals surface area contributed by atoms with Gasteiger partial charge in [0.1, 0.15) is 18.2 Å². The average Bonchev–Trinajstić information content (AvgIpc) is 3.83. The number of ether oxygens (including phenoxy) is 1. The molecule has 2 heterocycles. The van der Waals surface area contributed by atoms with Crippen LogP contribution in [0.1, 0.15) is 99.1 Å². The van der Waals surface area contributed by atoms with Gasteiger partial charge in [0.25, 0.3) is 0 Å². The molecule has 1 aromatic carbocycles. The molecule has 0 unspecified atom stereocenters. The topological polar surface area (TPSA) is 105 Å². The number of carbonyl (C=O) groups excluding carboxylic acids is 2. The molecule has 3 aromatic rings. The Balaban J connectivity index is 1.12. The number of aliphatic hydroxyl groups excluding tert-OH is 1. The molecule has 5 aliphatic rings. The van der Waals surface area contributed by atoms with Gasteiger partial charge in [-0.1, -0.05) is 12.1 Å². The first kappa shape index (κ1) is 31.3. The van der Waals surface area contributed by atoms with Gasteiger partial charge in [0.15, 0.2) is 0 Å². The van der Waals surface area contributed by atoms with E-state index in [4.69, 9.17) is 14.7 Å². The number of methoxy groups -OCH3 is 1. The molecular formula is C37H46N4O4S. The van der Waals surface area contributed by atoms with Crippen LogP contribution in [-0.2, 0) is 15.0 Å². The number of thiazole rings is 1. The molecule has 0 spiro atoms. The van der Waals surface area contributed by atoms with E-state index >= 15 is 0 Å². The third kappa shape index (κ3) is 6.20. The molecule has 2 N–H and O–H groups in total. The summed E-state index contributed by atoms with van der Waals surface area (Å²) in [5, 5.41) is 13.3. The van der Waals surface area contributed by atoms with E-state index in [1.807, 2.05) is 23.4 Å². The molecule has 8 nitrogen and oxygen atoms in total. The number of hydrogen-bond donors (Lipinski definition) is 2. The van der Waals surface area contributed by atoms with E-state index in [2.05, 4.69) is 36.5 Å². The minimum absolute atomic E-state index is 0.00981. The number of nitrogens with one attached hydrogen (secondary N) is 1. The number of anilines is 1. The molecule has 46 heavy (non-hydrogen) atoms. The Labute approximate surface area is 276 Å². The molecule has 5 aliphatic carbocycles. The van der Waals surface area contributed by atoms with Crippen molar-refractivity contribution in [2.24, 2.45) is 11.3 Å². The van der Waals surface area contributed by atoms with Crippen molar-refractivity contribution in [3.63, 3.8) is 0 Å². The number of nitrogens with zero attached hydrogens (tertiary/aromatic N) is 3. The zero-order chi connectivity index (χ0) is 31.9. The van der Waals surface area contributed by atoms with Crippen LogP contribution < -0.4 is 15.0 Å². The van der Waals surface area contributed by atoms with Crippen LogP contribution in [0.2, 0.25) is 0 Å². The van der Waals surface area contributed by atoms with Crippen LogP contribution in [-0.4, -0.2) is 53.2 Å². The van der Waals surface area contributed by atoms with Gasteiger partial charge in [-0.25, -0.2) is 9.97 Å². The Kier molecular flexibility index (Phi) is 8.66. The highest BCUT2D eigenvalue weighted by Crippen LogP contribution is 2.58. The maximum Gasteiger partial charge on any atom is 0.245 e. The number of pyridine rings is 1. The zero-order valence-electron chi connectivity index (χ0n) is 27.1. The predicted molar refractivity (Wildman–Crippen MR) is 180 cm³/mol. The van der Waals surface area contributed by atoms with Gasteiger partial charge in [-0.3, -0.25) is 14.5 Å². The number of amides is 2. The van der Waals surface area contributed by atoms with Crippen molar-refractivity contribution in [3.8, 4) is 16.2 Å². The van der Waals surface area contributed by atoms with E-state index < -0.39 is 6.61 Å². The van der Waals surface area contributed by atoms with Crippen molar-refractivity contribution in [1.82, 2.24) is 15.3 Å². The van der Waals surface area contributed by atoms with Crippen molar-refractivity contribution in [2.45, 2.75) is 101 Å². The first-order valence-corrected chi connectivity index (χ1v) is 17.9. The van der Waals surface area contributed by atoms with E-state index in [1.165, 1.54) is 29.0 Å². The molecule has 2 amide bonds. The van der Waals surface area contributed by atoms with Crippen LogP contribution in [0.3, 0.4) is 0 Å². The van der Waals surface area contributed by atoms with Crippen molar-refractivity contribution in [3.05, 3.63) is 58.9 Å². The van der Waals surface area contributed by atoms with Gasteiger partial charge < -0.3 is 15.2 Å². The number of fused-ring (bicyclic) bond motifs is 3. The Morgan fingerprint density at radius 1 is 1.00 bits per heavy atom. The van der Waals surface area contributed by atoms with Crippen molar-refractivity contribution in [2.75, 3.05) is 25.2 Å². The second kappa shape index (κ2) is 12.7. The predicted octanol–water partition coefficient (Wildman–Crippen LogP) is 6.69. The highest BCUT2D eigenvalue weighted by atomic mass is 32.1. The Bertz CT molecular complexity index is 1570. The molecular weight excluding hydrogens is 596 g/mol. The second-order valence-corrected chi connectivity index (χ2v) is 15.5. The third-order valence-corrected chi connectivity index (χ3v) is 12.7. The van der Waals surface area contributed by atoms with Gasteiger partial charge in [0.2, 0.25) is 11.8 Å². The average molecular weight is 643 g/mol. The van der Waals surface area contributed by atoms with Crippen LogP contribution in [0, 0.1) is 18.3 Å². The third-order valence-electron chi connectivity index (χ3n) is 11.5. The molecule has 0 atom stereocenters. The summed E-state index contributed by atoms with van der Waals surface area (Å²) in [5.74, 6) is 1.99. The normalized spacial score (nSPS) is 27.3. The van der Waals surface area contributed by atoms with Crippen LogP contribution >= 0.6 is 11.3 Å². The summed E-state index contributed by atoms with van der Waals surface area (Å²) in [6.45, 7) is 2.32. The second-order valence-electron chi connectivity index (χ2n) is 14.4. The van der Waals surface area contributed by atoms with E-state index in [1.54, 1.807) is 18.4 Å². The number of aliphatic hydroxyl groups is 1. The van der Waals surface area contributed by atoms with E-state index in [9.17, 15) is 14.7 Å². The number of aryl methyl sites for hydroxylation is 1. The van der Waals surface area contributed by atoms with E-state index in [0.717, 1.165) is 86.2 Å². The monoisotopic (exact) mass is 642 g/mol. The van der Waals surface area contributed by atoms with Crippen LogP contribution in [0.4, 0.5) is 5.82 Å². The molecule has 5 fully saturated rings. The summed E-state index contributed by atoms with van der Waals surface area (Å²) < 4.78 is 5.54. The van der Waals surface area contributed by atoms with Crippen LogP contribution in [0.25, 0.3) is 10.4 Å². The van der Waals surface area contributed by atoms with Crippen molar-refractivity contribution < 1.29 is 19.4 Å². The number of rotatable bonds is 10. The lowest BCUT2D eigenvalue weighted by atomic mass is 9.51. The lowest BCUT2D eigenvalue weighted by Crippen LogP contribution is -2.52. The Morgan fingerprint density at radius 2 is 1.74 bits per heavy atom. The van der Waals surface area contributed by atoms with E-state index in [-0.39, 0.29) is 34.6 Å². The largest absolute Gasteiger partial charge is 0.496 e. The summed E-state index contributed by atoms with van der Waals surface area (Å²) >= 11 is 1.76. The highest BCUT2D eigenvalue weighted by molar-refractivity contribution is 7.15. The molecule has 0 aliphatic heterocycles. The fourth-order valence-corrected chi connectivity index (χ4v) is 9.47. The van der Waals surface area contributed by atoms with Crippen LogP contribution in [0.5, 0.6) is 5.75 Å². The van der Waals surface area contributed by atoms with Crippen molar-refractivity contribution in [1.29, 1.82) is 0 Å². The van der Waals surface area contributed by atoms with Gasteiger partial charge in [-0.05, 0) is 130 Å². The smallest absolute Gasteiger partial charge is 0.245 e.